The molecule has 3 aromatic rings. The SMILES string of the molecule is Cc1c(N2CCc3cnc(Nc4cccc(Br)c4)nc3C2)cnc2c1NCCO2. The van der Waals surface area contributed by atoms with Gasteiger partial charge in [0.25, 0.3) is 0 Å². The first-order chi connectivity index (χ1) is 14.2. The van der Waals surface area contributed by atoms with Crippen molar-refractivity contribution in [1.82, 2.24) is 15.0 Å². The highest BCUT2D eigenvalue weighted by atomic mass is 79.9. The van der Waals surface area contributed by atoms with Gasteiger partial charge < -0.3 is 20.3 Å². The summed E-state index contributed by atoms with van der Waals surface area (Å²) < 4.78 is 6.67. The van der Waals surface area contributed by atoms with Gasteiger partial charge in [-0.25, -0.2) is 15.0 Å². The van der Waals surface area contributed by atoms with Gasteiger partial charge in [0.05, 0.1) is 24.1 Å². The average molecular weight is 453 g/mol. The molecule has 0 spiro atoms. The second kappa shape index (κ2) is 7.51. The lowest BCUT2D eigenvalue weighted by molar-refractivity contribution is 0.310. The van der Waals surface area contributed by atoms with Crippen LogP contribution in [0.15, 0.2) is 41.1 Å². The zero-order valence-electron chi connectivity index (χ0n) is 16.1. The summed E-state index contributed by atoms with van der Waals surface area (Å²) in [7, 11) is 0. The Hall–Kier alpha value is -2.87. The first-order valence-corrected chi connectivity index (χ1v) is 10.5. The van der Waals surface area contributed by atoms with Gasteiger partial charge in [-0.05, 0) is 37.1 Å². The number of aromatic nitrogens is 3. The zero-order chi connectivity index (χ0) is 19.8. The van der Waals surface area contributed by atoms with Crippen LogP contribution in [0.5, 0.6) is 5.88 Å². The third-order valence-electron chi connectivity index (χ3n) is 5.29. The second-order valence-electron chi connectivity index (χ2n) is 7.20. The first-order valence-electron chi connectivity index (χ1n) is 9.66. The summed E-state index contributed by atoms with van der Waals surface area (Å²) in [6.45, 7) is 5.22. The Balaban J connectivity index is 1.40. The summed E-state index contributed by atoms with van der Waals surface area (Å²) >= 11 is 3.49. The van der Waals surface area contributed by atoms with E-state index >= 15 is 0 Å². The third kappa shape index (κ3) is 3.60. The highest BCUT2D eigenvalue weighted by Gasteiger charge is 2.23. The fourth-order valence-electron chi connectivity index (χ4n) is 3.79. The molecule has 0 bridgehead atoms. The Morgan fingerprint density at radius 3 is 3.07 bits per heavy atom. The van der Waals surface area contributed by atoms with E-state index in [1.165, 1.54) is 11.1 Å². The van der Waals surface area contributed by atoms with Crippen molar-refractivity contribution in [2.45, 2.75) is 19.9 Å². The Bertz CT molecular complexity index is 1070. The fourth-order valence-corrected chi connectivity index (χ4v) is 4.19. The molecule has 5 rings (SSSR count). The largest absolute Gasteiger partial charge is 0.474 e. The molecule has 2 N–H and O–H groups in total. The van der Waals surface area contributed by atoms with Crippen molar-refractivity contribution in [3.05, 3.63) is 58.0 Å². The van der Waals surface area contributed by atoms with E-state index in [1.54, 1.807) is 0 Å². The highest BCUT2D eigenvalue weighted by Crippen LogP contribution is 2.36. The smallest absolute Gasteiger partial charge is 0.237 e. The lowest BCUT2D eigenvalue weighted by Gasteiger charge is -2.32. The van der Waals surface area contributed by atoms with Gasteiger partial charge in [-0.3, -0.25) is 0 Å². The Kier molecular flexibility index (Phi) is 4.71. The third-order valence-corrected chi connectivity index (χ3v) is 5.78. The van der Waals surface area contributed by atoms with Crippen molar-refractivity contribution in [3.8, 4) is 5.88 Å². The molecule has 0 amide bonds. The monoisotopic (exact) mass is 452 g/mol. The molecule has 2 aliphatic rings. The second-order valence-corrected chi connectivity index (χ2v) is 8.11. The Morgan fingerprint density at radius 1 is 1.24 bits per heavy atom. The molecule has 148 valence electrons. The van der Waals surface area contributed by atoms with E-state index in [0.29, 0.717) is 18.4 Å². The van der Waals surface area contributed by atoms with Crippen LogP contribution in [0, 0.1) is 6.92 Å². The van der Waals surface area contributed by atoms with Crippen molar-refractivity contribution in [2.24, 2.45) is 0 Å². The van der Waals surface area contributed by atoms with Crippen molar-refractivity contribution in [3.63, 3.8) is 0 Å². The van der Waals surface area contributed by atoms with Crippen LogP contribution in [0.4, 0.5) is 23.0 Å². The molecule has 0 aliphatic carbocycles. The molecule has 1 aromatic carbocycles. The molecule has 0 atom stereocenters. The van der Waals surface area contributed by atoms with E-state index in [-0.39, 0.29) is 0 Å². The molecule has 2 aliphatic heterocycles. The van der Waals surface area contributed by atoms with Crippen molar-refractivity contribution < 1.29 is 4.74 Å². The van der Waals surface area contributed by atoms with Gasteiger partial charge in [0.2, 0.25) is 11.8 Å². The Morgan fingerprint density at radius 2 is 2.17 bits per heavy atom. The van der Waals surface area contributed by atoms with Gasteiger partial charge in [0, 0.05) is 35.0 Å². The predicted octanol–water partition coefficient (Wildman–Crippen LogP) is 4.05. The van der Waals surface area contributed by atoms with Crippen molar-refractivity contribution in [1.29, 1.82) is 0 Å². The van der Waals surface area contributed by atoms with Crippen LogP contribution in [0.2, 0.25) is 0 Å². The summed E-state index contributed by atoms with van der Waals surface area (Å²) in [5.41, 5.74) is 6.48. The average Bonchev–Trinajstić information content (AvgIpc) is 2.74. The molecule has 0 radical (unpaired) electrons. The lowest BCUT2D eigenvalue weighted by atomic mass is 10.0. The minimum Gasteiger partial charge on any atom is -0.474 e. The summed E-state index contributed by atoms with van der Waals surface area (Å²) in [5, 5.41) is 6.71. The van der Waals surface area contributed by atoms with Gasteiger partial charge in [-0.1, -0.05) is 22.0 Å². The van der Waals surface area contributed by atoms with Gasteiger partial charge >= 0.3 is 0 Å². The molecule has 29 heavy (non-hydrogen) atoms. The zero-order valence-corrected chi connectivity index (χ0v) is 17.7. The number of pyridine rings is 1. The standard InChI is InChI=1S/C21H21BrN6O/c1-13-18(11-24-20-19(13)23-6-8-29-20)28-7-5-14-10-25-21(27-17(14)12-28)26-16-4-2-3-15(22)9-16/h2-4,9-11,23H,5-8,12H2,1H3,(H,25,26,27). The maximum Gasteiger partial charge on any atom is 0.237 e. The number of nitrogens with one attached hydrogen (secondary N) is 2. The summed E-state index contributed by atoms with van der Waals surface area (Å²) in [6, 6.07) is 7.98. The van der Waals surface area contributed by atoms with E-state index in [2.05, 4.69) is 48.4 Å². The van der Waals surface area contributed by atoms with Gasteiger partial charge in [0.15, 0.2) is 0 Å². The number of ether oxygens (including phenoxy) is 1. The molecular formula is C21H21BrN6O. The number of rotatable bonds is 3. The summed E-state index contributed by atoms with van der Waals surface area (Å²) in [4.78, 5) is 16.1. The number of hydrogen-bond acceptors (Lipinski definition) is 7. The van der Waals surface area contributed by atoms with Crippen molar-refractivity contribution >= 4 is 38.9 Å². The predicted molar refractivity (Wildman–Crippen MR) is 117 cm³/mol. The lowest BCUT2D eigenvalue weighted by Crippen LogP contribution is -2.32. The minimum absolute atomic E-state index is 0.610. The summed E-state index contributed by atoms with van der Waals surface area (Å²) in [5.74, 6) is 1.30. The van der Waals surface area contributed by atoms with Gasteiger partial charge in [-0.15, -0.1) is 0 Å². The van der Waals surface area contributed by atoms with E-state index in [1.807, 2.05) is 36.7 Å². The van der Waals surface area contributed by atoms with Crippen LogP contribution < -0.4 is 20.3 Å². The van der Waals surface area contributed by atoms with E-state index in [4.69, 9.17) is 9.72 Å². The van der Waals surface area contributed by atoms with Crippen LogP contribution in [-0.4, -0.2) is 34.6 Å². The van der Waals surface area contributed by atoms with Gasteiger partial charge in [0.1, 0.15) is 12.3 Å². The molecule has 2 aromatic heterocycles. The van der Waals surface area contributed by atoms with Crippen LogP contribution >= 0.6 is 15.9 Å². The molecule has 7 nitrogen and oxygen atoms in total. The van der Waals surface area contributed by atoms with E-state index in [9.17, 15) is 0 Å². The molecule has 4 heterocycles. The highest BCUT2D eigenvalue weighted by molar-refractivity contribution is 9.10. The first kappa shape index (κ1) is 18.2. The minimum atomic E-state index is 0.610. The maximum atomic E-state index is 5.66. The number of fused-ring (bicyclic) bond motifs is 2. The van der Waals surface area contributed by atoms with Gasteiger partial charge in [-0.2, -0.15) is 0 Å². The quantitative estimate of drug-likeness (QED) is 0.620. The van der Waals surface area contributed by atoms with Crippen LogP contribution in [0.1, 0.15) is 16.8 Å². The van der Waals surface area contributed by atoms with E-state index < -0.39 is 0 Å². The van der Waals surface area contributed by atoms with Crippen molar-refractivity contribution in [2.75, 3.05) is 35.2 Å². The molecular weight excluding hydrogens is 432 g/mol. The number of hydrogen-bond donors (Lipinski definition) is 2. The maximum absolute atomic E-state index is 5.66. The van der Waals surface area contributed by atoms with Crippen LogP contribution in [-0.2, 0) is 13.0 Å². The molecule has 0 fully saturated rings. The molecule has 0 saturated heterocycles. The number of nitrogens with zero attached hydrogens (tertiary/aromatic N) is 4. The molecule has 0 saturated carbocycles. The van der Waals surface area contributed by atoms with Crippen LogP contribution in [0.25, 0.3) is 0 Å². The normalized spacial score (nSPS) is 15.0. The number of benzene rings is 1. The molecule has 0 unspecified atom stereocenters. The fraction of sp³-hybridized carbons (Fsp3) is 0.286. The Labute approximate surface area is 177 Å². The number of halogens is 1. The van der Waals surface area contributed by atoms with E-state index in [0.717, 1.165) is 53.3 Å². The summed E-state index contributed by atoms with van der Waals surface area (Å²) in [6.07, 6.45) is 4.76. The molecule has 8 heteroatoms. The topological polar surface area (TPSA) is 75.2 Å². The number of anilines is 4. The van der Waals surface area contributed by atoms with Crippen LogP contribution in [0.3, 0.4) is 0 Å².